The fourth-order valence-electron chi connectivity index (χ4n) is 0.459. The first-order chi connectivity index (χ1) is 4.18. The van der Waals surface area contributed by atoms with Crippen LogP contribution in [0.25, 0.3) is 0 Å². The van der Waals surface area contributed by atoms with E-state index in [1.165, 1.54) is 0 Å². The van der Waals surface area contributed by atoms with Gasteiger partial charge in [-0.1, -0.05) is 4.17 Å². The highest BCUT2D eigenvalue weighted by molar-refractivity contribution is 6.99. The maximum atomic E-state index is 5.66. The number of hydrogen-bond donors (Lipinski definition) is 0. The molecule has 0 aliphatic rings. The molecule has 0 unspecified atom stereocenters. The van der Waals surface area contributed by atoms with Gasteiger partial charge in [-0.05, 0) is 6.55 Å². The van der Waals surface area contributed by atoms with Gasteiger partial charge < -0.3 is 17.9 Å². The van der Waals surface area contributed by atoms with Gasteiger partial charge in [-0.3, -0.25) is 0 Å². The van der Waals surface area contributed by atoms with Gasteiger partial charge in [0.05, 0.1) is 0 Å². The molecule has 0 saturated carbocycles. The van der Waals surface area contributed by atoms with Gasteiger partial charge in [0.1, 0.15) is 0 Å². The van der Waals surface area contributed by atoms with Gasteiger partial charge in [0.15, 0.2) is 0 Å². The minimum atomic E-state index is -1.77. The van der Waals surface area contributed by atoms with Gasteiger partial charge >= 0.3 is 27.8 Å². The van der Waals surface area contributed by atoms with Gasteiger partial charge in [0.25, 0.3) is 0 Å². The monoisotopic (exact) mass is 178 g/mol. The fraction of sp³-hybridized carbons (Fsp3) is 1.00. The van der Waals surface area contributed by atoms with Crippen molar-refractivity contribution in [3.63, 3.8) is 0 Å². The predicted octanol–water partition coefficient (Wildman–Crippen LogP) is 1.17. The molecule has 2 nitrogen and oxygen atoms in total. The smallest absolute Gasteiger partial charge is 0.399 e. The summed E-state index contributed by atoms with van der Waals surface area (Å²) in [6.07, 6.45) is 0. The highest BCUT2D eigenvalue weighted by Gasteiger charge is 2.27. The van der Waals surface area contributed by atoms with Crippen LogP contribution >= 0.6 is 9.07 Å². The molecule has 0 N–H and O–H groups in total. The van der Waals surface area contributed by atoms with E-state index in [9.17, 15) is 0 Å². The Morgan fingerprint density at radius 1 is 1.44 bits per heavy atom. The zero-order valence-corrected chi connectivity index (χ0v) is 9.28. The van der Waals surface area contributed by atoms with Gasteiger partial charge in [0, 0.05) is 14.2 Å². The van der Waals surface area contributed by atoms with Crippen LogP contribution in [-0.4, -0.2) is 42.0 Å². The molecule has 0 atom stereocenters. The Balaban J connectivity index is 3.62. The van der Waals surface area contributed by atoms with Crippen LogP contribution in [0, 0.1) is 0 Å². The third-order valence-electron chi connectivity index (χ3n) is 1.41. The lowest BCUT2D eigenvalue weighted by molar-refractivity contribution is 0.255. The zero-order valence-electron chi connectivity index (χ0n) is 6.11. The minimum Gasteiger partial charge on any atom is -0.399 e. The van der Waals surface area contributed by atoms with E-state index >= 15 is 0 Å². The summed E-state index contributed by atoms with van der Waals surface area (Å²) in [5, 5.41) is 0. The SMILES string of the molecule is CO[Si](C)([CH2][Mg][Cl])OC. The van der Waals surface area contributed by atoms with Crippen LogP contribution in [0.4, 0.5) is 0 Å². The van der Waals surface area contributed by atoms with E-state index in [0.29, 0.717) is 0 Å². The lowest BCUT2D eigenvalue weighted by Crippen LogP contribution is -2.36. The second-order valence-corrected chi connectivity index (χ2v) is 8.58. The van der Waals surface area contributed by atoms with Crippen molar-refractivity contribution in [1.82, 2.24) is 0 Å². The molecule has 0 aliphatic heterocycles. The number of rotatable bonds is 4. The molecule has 0 aromatic heterocycles. The van der Waals surface area contributed by atoms with Crippen LogP contribution in [0.2, 0.25) is 10.7 Å². The van der Waals surface area contributed by atoms with Crippen molar-refractivity contribution in [3.8, 4) is 0 Å². The van der Waals surface area contributed by atoms with Gasteiger partial charge in [-0.2, -0.15) is 0 Å². The summed E-state index contributed by atoms with van der Waals surface area (Å²) in [4.78, 5) is 0. The molecule has 0 spiro atoms. The third kappa shape index (κ3) is 3.80. The highest BCUT2D eigenvalue weighted by atomic mass is 35.5. The van der Waals surface area contributed by atoms with Crippen LogP contribution in [-0.2, 0) is 8.85 Å². The first-order valence-corrected chi connectivity index (χ1v) is 8.51. The van der Waals surface area contributed by atoms with Crippen molar-refractivity contribution in [2.75, 3.05) is 14.2 Å². The highest BCUT2D eigenvalue weighted by Crippen LogP contribution is 2.09. The predicted molar refractivity (Wildman–Crippen MR) is 42.1 cm³/mol. The summed E-state index contributed by atoms with van der Waals surface area (Å²) in [6.45, 7) is 2.03. The van der Waals surface area contributed by atoms with Crippen molar-refractivity contribution in [2.24, 2.45) is 0 Å². The summed E-state index contributed by atoms with van der Waals surface area (Å²) >= 11 is -0.428. The summed E-state index contributed by atoms with van der Waals surface area (Å²) < 4.78 is 11.4. The molecule has 0 saturated heterocycles. The van der Waals surface area contributed by atoms with E-state index in [4.69, 9.17) is 17.9 Å². The van der Waals surface area contributed by atoms with Crippen LogP contribution in [0.1, 0.15) is 0 Å². The molecule has 0 aromatic rings. The minimum absolute atomic E-state index is 0.428. The normalized spacial score (nSPS) is 11.1. The van der Waals surface area contributed by atoms with Crippen LogP contribution in [0.15, 0.2) is 0 Å². The summed E-state index contributed by atoms with van der Waals surface area (Å²) in [5.74, 6) is 0. The Morgan fingerprint density at radius 3 is 2.00 bits per heavy atom. The van der Waals surface area contributed by atoms with E-state index in [1.807, 2.05) is 6.55 Å². The molecule has 52 valence electrons. The van der Waals surface area contributed by atoms with Crippen LogP contribution in [0.5, 0.6) is 0 Å². The van der Waals surface area contributed by atoms with Gasteiger partial charge in [-0.25, -0.2) is 0 Å². The molecule has 0 fully saturated rings. The largest absolute Gasteiger partial charge is 0.502 e. The molecule has 0 radical (unpaired) electrons. The average Bonchev–Trinajstić information content (AvgIpc) is 1.89. The molecule has 0 heterocycles. The number of halogens is 1. The second kappa shape index (κ2) is 4.93. The molecular formula is C4H11ClMgO2Si. The molecule has 9 heavy (non-hydrogen) atoms. The fourth-order valence-corrected chi connectivity index (χ4v) is 6.72. The van der Waals surface area contributed by atoms with Crippen molar-refractivity contribution >= 4 is 36.9 Å². The summed E-state index contributed by atoms with van der Waals surface area (Å²) in [5.41, 5.74) is 0. The molecule has 0 bridgehead atoms. The van der Waals surface area contributed by atoms with Crippen molar-refractivity contribution in [1.29, 1.82) is 0 Å². The first kappa shape index (κ1) is 10.2. The Hall–Kier alpha value is 1.19. The first-order valence-electron chi connectivity index (χ1n) is 2.85. The van der Waals surface area contributed by atoms with Gasteiger partial charge in [-0.15, -0.1) is 0 Å². The number of hydrogen-bond acceptors (Lipinski definition) is 2. The maximum absolute atomic E-state index is 5.66. The Morgan fingerprint density at radius 2 is 1.89 bits per heavy atom. The van der Waals surface area contributed by atoms with Crippen molar-refractivity contribution < 1.29 is 8.85 Å². The summed E-state index contributed by atoms with van der Waals surface area (Å²) in [7, 11) is 7.27. The van der Waals surface area contributed by atoms with E-state index in [2.05, 4.69) is 0 Å². The van der Waals surface area contributed by atoms with E-state index < -0.39 is 27.8 Å². The van der Waals surface area contributed by atoms with Crippen molar-refractivity contribution in [3.05, 3.63) is 0 Å². The van der Waals surface area contributed by atoms with Crippen molar-refractivity contribution in [2.45, 2.75) is 10.7 Å². The molecule has 0 aromatic carbocycles. The van der Waals surface area contributed by atoms with E-state index in [0.717, 1.165) is 4.17 Å². The van der Waals surface area contributed by atoms with Crippen LogP contribution < -0.4 is 0 Å². The third-order valence-corrected chi connectivity index (χ3v) is 9.23. The Labute approximate surface area is 70.6 Å². The standard InChI is InChI=1S/C4H11O2Si.ClH.Mg/c1-5-7(3,4)6-2;;/h3H2,1-2,4H3;1H;/q;;+1/p-1. The lowest BCUT2D eigenvalue weighted by atomic mass is 11.8. The quantitative estimate of drug-likeness (QED) is 0.603. The topological polar surface area (TPSA) is 18.5 Å². The van der Waals surface area contributed by atoms with Gasteiger partial charge in [0.2, 0.25) is 0 Å². The maximum Gasteiger partial charge on any atom is 0.502 e. The molecular weight excluding hydrogens is 168 g/mol. The second-order valence-electron chi connectivity index (χ2n) is 1.98. The Bertz CT molecular complexity index is 79.0. The molecule has 5 heteroatoms. The summed E-state index contributed by atoms with van der Waals surface area (Å²) in [6, 6.07) is 0. The Kier molecular flexibility index (Phi) is 5.58. The lowest BCUT2D eigenvalue weighted by Gasteiger charge is -2.21. The van der Waals surface area contributed by atoms with E-state index in [1.54, 1.807) is 14.2 Å². The van der Waals surface area contributed by atoms with Crippen LogP contribution in [0.3, 0.4) is 0 Å². The molecule has 0 amide bonds. The van der Waals surface area contributed by atoms with E-state index in [-0.39, 0.29) is 0 Å². The molecule has 0 aliphatic carbocycles. The zero-order chi connectivity index (χ0) is 7.33. The molecule has 0 rings (SSSR count). The average molecular weight is 179 g/mol.